The maximum Gasteiger partial charge on any atom is 0.257 e. The van der Waals surface area contributed by atoms with Crippen LogP contribution < -0.4 is 15.8 Å². The second kappa shape index (κ2) is 9.87. The number of nitrogen functional groups attached to an aromatic ring is 1. The van der Waals surface area contributed by atoms with Crippen LogP contribution in [-0.4, -0.2) is 40.4 Å². The van der Waals surface area contributed by atoms with Gasteiger partial charge in [0.25, 0.3) is 5.91 Å². The van der Waals surface area contributed by atoms with Gasteiger partial charge in [0.1, 0.15) is 22.6 Å². The van der Waals surface area contributed by atoms with Crippen LogP contribution in [-0.2, 0) is 6.42 Å². The van der Waals surface area contributed by atoms with Crippen LogP contribution in [0, 0.1) is 6.92 Å². The molecule has 8 nitrogen and oxygen atoms in total. The van der Waals surface area contributed by atoms with Crippen molar-refractivity contribution < 1.29 is 9.53 Å². The second-order valence-corrected chi connectivity index (χ2v) is 8.47. The number of rotatable bonds is 7. The van der Waals surface area contributed by atoms with Crippen LogP contribution in [0.1, 0.15) is 27.0 Å². The first-order valence-electron chi connectivity index (χ1n) is 11.6. The van der Waals surface area contributed by atoms with E-state index in [0.29, 0.717) is 35.2 Å². The van der Waals surface area contributed by atoms with Gasteiger partial charge in [-0.05, 0) is 48.7 Å². The molecule has 0 bridgehead atoms. The summed E-state index contributed by atoms with van der Waals surface area (Å²) < 4.78 is 6.68. The molecule has 36 heavy (non-hydrogen) atoms. The van der Waals surface area contributed by atoms with Gasteiger partial charge < -0.3 is 15.8 Å². The quantitative estimate of drug-likeness (QED) is 0.339. The standard InChI is InChI=1S/C28H26N6O2/c1-18-7-9-20(10-8-18)17-31-34-26(29)24(25-27(34)33-23-6-4-3-5-22(23)32-25)28(35)30-16-15-19-11-13-21(36-2)14-12-19/h3-14,17H,15-16,29H2,1-2H3,(H,30,35). The fraction of sp³-hybridized carbons (Fsp3) is 0.143. The molecule has 0 radical (unpaired) electrons. The number of nitrogens with zero attached hydrogens (tertiary/aromatic N) is 4. The molecule has 0 saturated carbocycles. The first-order chi connectivity index (χ1) is 17.5. The van der Waals surface area contributed by atoms with E-state index in [2.05, 4.69) is 10.4 Å². The molecule has 0 unspecified atom stereocenters. The van der Waals surface area contributed by atoms with E-state index in [1.165, 1.54) is 4.68 Å². The zero-order valence-electron chi connectivity index (χ0n) is 20.1. The lowest BCUT2D eigenvalue weighted by Crippen LogP contribution is -2.26. The largest absolute Gasteiger partial charge is 0.497 e. The van der Waals surface area contributed by atoms with Gasteiger partial charge in [0.15, 0.2) is 5.65 Å². The van der Waals surface area contributed by atoms with Crippen molar-refractivity contribution in [2.45, 2.75) is 13.3 Å². The average molecular weight is 479 g/mol. The van der Waals surface area contributed by atoms with E-state index in [0.717, 1.165) is 22.4 Å². The molecule has 0 aliphatic heterocycles. The minimum Gasteiger partial charge on any atom is -0.497 e. The number of nitrogens with two attached hydrogens (primary N) is 1. The Kier molecular flexibility index (Phi) is 6.32. The van der Waals surface area contributed by atoms with Crippen LogP contribution in [0.3, 0.4) is 0 Å². The Balaban J connectivity index is 1.48. The van der Waals surface area contributed by atoms with E-state index < -0.39 is 0 Å². The Morgan fingerprint density at radius 1 is 1.03 bits per heavy atom. The summed E-state index contributed by atoms with van der Waals surface area (Å²) in [6.45, 7) is 2.46. The third-order valence-corrected chi connectivity index (χ3v) is 5.96. The third kappa shape index (κ3) is 4.61. The van der Waals surface area contributed by atoms with Gasteiger partial charge in [0.2, 0.25) is 0 Å². The summed E-state index contributed by atoms with van der Waals surface area (Å²) in [5.74, 6) is 0.658. The van der Waals surface area contributed by atoms with Gasteiger partial charge >= 0.3 is 0 Å². The molecule has 8 heteroatoms. The molecule has 0 aliphatic carbocycles. The Bertz CT molecular complexity index is 1570. The lowest BCUT2D eigenvalue weighted by Gasteiger charge is -2.06. The smallest absolute Gasteiger partial charge is 0.257 e. The predicted molar refractivity (Wildman–Crippen MR) is 143 cm³/mol. The average Bonchev–Trinajstić information content (AvgIpc) is 3.17. The number of fused-ring (bicyclic) bond motifs is 2. The third-order valence-electron chi connectivity index (χ3n) is 5.96. The maximum atomic E-state index is 13.3. The first-order valence-corrected chi connectivity index (χ1v) is 11.6. The zero-order chi connectivity index (χ0) is 25.1. The van der Waals surface area contributed by atoms with E-state index >= 15 is 0 Å². The van der Waals surface area contributed by atoms with Crippen LogP contribution in [0.4, 0.5) is 5.82 Å². The number of ether oxygens (including phenoxy) is 1. The SMILES string of the molecule is COc1ccc(CCNC(=O)c2c(N)n(N=Cc3ccc(C)cc3)c3nc4ccccc4nc23)cc1. The van der Waals surface area contributed by atoms with E-state index in [1.54, 1.807) is 13.3 Å². The van der Waals surface area contributed by atoms with Gasteiger partial charge in [-0.25, -0.2) is 9.97 Å². The number of carbonyl (C=O) groups is 1. The lowest BCUT2D eigenvalue weighted by molar-refractivity contribution is 0.0956. The van der Waals surface area contributed by atoms with E-state index in [1.807, 2.05) is 79.7 Å². The predicted octanol–water partition coefficient (Wildman–Crippen LogP) is 4.34. The maximum absolute atomic E-state index is 13.3. The zero-order valence-corrected chi connectivity index (χ0v) is 20.1. The number of amides is 1. The molecule has 5 aromatic rings. The van der Waals surface area contributed by atoms with Crippen molar-refractivity contribution in [3.05, 3.63) is 95.1 Å². The normalized spacial score (nSPS) is 11.4. The Morgan fingerprint density at radius 2 is 1.72 bits per heavy atom. The van der Waals surface area contributed by atoms with Crippen molar-refractivity contribution in [3.63, 3.8) is 0 Å². The van der Waals surface area contributed by atoms with Gasteiger partial charge in [0.05, 0.1) is 24.4 Å². The first kappa shape index (κ1) is 23.0. The summed E-state index contributed by atoms with van der Waals surface area (Å²) in [5, 5.41) is 7.53. The van der Waals surface area contributed by atoms with E-state index in [4.69, 9.17) is 20.4 Å². The highest BCUT2D eigenvalue weighted by molar-refractivity contribution is 6.10. The molecule has 5 rings (SSSR count). The van der Waals surface area contributed by atoms with Crippen LogP contribution in [0.15, 0.2) is 77.9 Å². The highest BCUT2D eigenvalue weighted by Crippen LogP contribution is 2.28. The van der Waals surface area contributed by atoms with Gasteiger partial charge in [-0.15, -0.1) is 0 Å². The van der Waals surface area contributed by atoms with E-state index in [9.17, 15) is 4.79 Å². The summed E-state index contributed by atoms with van der Waals surface area (Å²) >= 11 is 0. The Hall–Kier alpha value is -4.72. The fourth-order valence-electron chi connectivity index (χ4n) is 3.97. The topological polar surface area (TPSA) is 107 Å². The molecule has 0 aliphatic rings. The molecule has 0 atom stereocenters. The minimum absolute atomic E-state index is 0.186. The Morgan fingerprint density at radius 3 is 2.42 bits per heavy atom. The van der Waals surface area contributed by atoms with Crippen molar-refractivity contribution in [1.29, 1.82) is 0 Å². The van der Waals surface area contributed by atoms with Crippen molar-refractivity contribution >= 4 is 40.1 Å². The Labute approximate surface area is 208 Å². The summed E-state index contributed by atoms with van der Waals surface area (Å²) in [7, 11) is 1.63. The number of para-hydroxylation sites is 2. The number of nitrogens with one attached hydrogen (secondary N) is 1. The van der Waals surface area contributed by atoms with Crippen molar-refractivity contribution in [2.24, 2.45) is 5.10 Å². The molecular formula is C28H26N6O2. The van der Waals surface area contributed by atoms with Gasteiger partial charge in [0, 0.05) is 6.54 Å². The van der Waals surface area contributed by atoms with Gasteiger partial charge in [-0.2, -0.15) is 9.78 Å². The number of hydrogen-bond acceptors (Lipinski definition) is 6. The number of aromatic nitrogens is 3. The number of carbonyl (C=O) groups excluding carboxylic acids is 1. The lowest BCUT2D eigenvalue weighted by atomic mass is 10.1. The summed E-state index contributed by atoms with van der Waals surface area (Å²) in [6, 6.07) is 23.2. The summed E-state index contributed by atoms with van der Waals surface area (Å²) in [5.41, 5.74) is 12.1. The molecule has 2 aromatic heterocycles. The second-order valence-electron chi connectivity index (χ2n) is 8.47. The summed E-state index contributed by atoms with van der Waals surface area (Å²) in [6.07, 6.45) is 2.35. The van der Waals surface area contributed by atoms with E-state index in [-0.39, 0.29) is 17.3 Å². The number of methoxy groups -OCH3 is 1. The molecule has 0 saturated heterocycles. The van der Waals surface area contributed by atoms with Crippen LogP contribution >= 0.6 is 0 Å². The number of anilines is 1. The molecule has 1 amide bonds. The van der Waals surface area contributed by atoms with Gasteiger partial charge in [-0.3, -0.25) is 4.79 Å². The molecule has 0 spiro atoms. The number of aryl methyl sites for hydroxylation is 1. The number of benzene rings is 3. The highest BCUT2D eigenvalue weighted by atomic mass is 16.5. The molecular weight excluding hydrogens is 452 g/mol. The summed E-state index contributed by atoms with van der Waals surface area (Å²) in [4.78, 5) is 22.7. The van der Waals surface area contributed by atoms with Crippen molar-refractivity contribution in [2.75, 3.05) is 19.4 Å². The van der Waals surface area contributed by atoms with Crippen molar-refractivity contribution in [1.82, 2.24) is 20.0 Å². The highest BCUT2D eigenvalue weighted by Gasteiger charge is 2.23. The van der Waals surface area contributed by atoms with Crippen LogP contribution in [0.2, 0.25) is 0 Å². The van der Waals surface area contributed by atoms with Crippen LogP contribution in [0.25, 0.3) is 22.2 Å². The fourth-order valence-corrected chi connectivity index (χ4v) is 3.97. The van der Waals surface area contributed by atoms with Crippen molar-refractivity contribution in [3.8, 4) is 5.75 Å². The molecule has 3 N–H and O–H groups in total. The molecule has 3 aromatic carbocycles. The molecule has 0 fully saturated rings. The monoisotopic (exact) mass is 478 g/mol. The molecule has 180 valence electrons. The minimum atomic E-state index is -0.320. The number of hydrogen-bond donors (Lipinski definition) is 2. The van der Waals surface area contributed by atoms with Gasteiger partial charge in [-0.1, -0.05) is 54.1 Å². The van der Waals surface area contributed by atoms with Crippen LogP contribution in [0.5, 0.6) is 5.75 Å². The molecule has 2 heterocycles.